The van der Waals surface area contributed by atoms with E-state index >= 15 is 0 Å². The number of carbonyl (C=O) groups is 2. The SMILES string of the molecule is CC(=O)N[C@H]1C(=O)N(C(C)C)c2c(C)ccc(C)c21. The number of carbonyl (C=O) groups excluding carboxylic acids is 2. The molecule has 0 unspecified atom stereocenters. The van der Waals surface area contributed by atoms with E-state index in [1.807, 2.05) is 39.8 Å². The molecule has 0 saturated heterocycles. The van der Waals surface area contributed by atoms with E-state index in [0.717, 1.165) is 22.4 Å². The Morgan fingerprint density at radius 2 is 1.84 bits per heavy atom. The molecular formula is C15H20N2O2. The van der Waals surface area contributed by atoms with Gasteiger partial charge in [0.25, 0.3) is 5.91 Å². The average molecular weight is 260 g/mol. The van der Waals surface area contributed by atoms with E-state index in [9.17, 15) is 9.59 Å². The molecule has 0 aliphatic carbocycles. The number of aryl methyl sites for hydroxylation is 2. The van der Waals surface area contributed by atoms with Crippen LogP contribution >= 0.6 is 0 Å². The molecule has 102 valence electrons. The number of fused-ring (bicyclic) bond motifs is 1. The van der Waals surface area contributed by atoms with E-state index in [2.05, 4.69) is 5.32 Å². The molecule has 2 amide bonds. The van der Waals surface area contributed by atoms with Gasteiger partial charge >= 0.3 is 0 Å². The van der Waals surface area contributed by atoms with Gasteiger partial charge in [-0.3, -0.25) is 9.59 Å². The average Bonchev–Trinajstić information content (AvgIpc) is 2.58. The Balaban J connectivity index is 2.63. The summed E-state index contributed by atoms with van der Waals surface area (Å²) in [7, 11) is 0. The molecule has 4 heteroatoms. The molecule has 0 aromatic heterocycles. The topological polar surface area (TPSA) is 49.4 Å². The molecule has 4 nitrogen and oxygen atoms in total. The van der Waals surface area contributed by atoms with Crippen molar-refractivity contribution >= 4 is 17.5 Å². The third kappa shape index (κ3) is 2.11. The lowest BCUT2D eigenvalue weighted by molar-refractivity contribution is -0.126. The zero-order valence-corrected chi connectivity index (χ0v) is 12.1. The molecule has 2 rings (SSSR count). The Bertz CT molecular complexity index is 549. The Hall–Kier alpha value is -1.84. The summed E-state index contributed by atoms with van der Waals surface area (Å²) in [6.07, 6.45) is 0. The van der Waals surface area contributed by atoms with Gasteiger partial charge in [0.2, 0.25) is 5.91 Å². The van der Waals surface area contributed by atoms with Crippen LogP contribution in [0.4, 0.5) is 5.69 Å². The van der Waals surface area contributed by atoms with Gasteiger partial charge in [-0.2, -0.15) is 0 Å². The smallest absolute Gasteiger partial charge is 0.254 e. The summed E-state index contributed by atoms with van der Waals surface area (Å²) in [6, 6.07) is 3.55. The summed E-state index contributed by atoms with van der Waals surface area (Å²) >= 11 is 0. The van der Waals surface area contributed by atoms with Crippen LogP contribution in [0.1, 0.15) is 43.5 Å². The molecular weight excluding hydrogens is 240 g/mol. The first-order valence-electron chi connectivity index (χ1n) is 6.55. The fraction of sp³-hybridized carbons (Fsp3) is 0.467. The van der Waals surface area contributed by atoms with Crippen LogP contribution in [0.5, 0.6) is 0 Å². The first kappa shape index (κ1) is 13.6. The maximum absolute atomic E-state index is 12.6. The van der Waals surface area contributed by atoms with Crippen LogP contribution in [0.25, 0.3) is 0 Å². The predicted molar refractivity (Wildman–Crippen MR) is 75.1 cm³/mol. The van der Waals surface area contributed by atoms with Crippen molar-refractivity contribution in [1.29, 1.82) is 0 Å². The zero-order chi connectivity index (χ0) is 14.3. The summed E-state index contributed by atoms with van der Waals surface area (Å²) in [4.78, 5) is 25.7. The Kier molecular flexibility index (Phi) is 3.35. The summed E-state index contributed by atoms with van der Waals surface area (Å²) < 4.78 is 0. The van der Waals surface area contributed by atoms with Gasteiger partial charge in [-0.05, 0) is 38.8 Å². The lowest BCUT2D eigenvalue weighted by atomic mass is 9.99. The summed E-state index contributed by atoms with van der Waals surface area (Å²) in [5.74, 6) is -0.228. The summed E-state index contributed by atoms with van der Waals surface area (Å²) in [5, 5.41) is 2.77. The molecule has 0 fully saturated rings. The minimum Gasteiger partial charge on any atom is -0.341 e. The van der Waals surface area contributed by atoms with Crippen molar-refractivity contribution in [2.75, 3.05) is 4.90 Å². The molecule has 0 bridgehead atoms. The van der Waals surface area contributed by atoms with Crippen LogP contribution in [0.2, 0.25) is 0 Å². The van der Waals surface area contributed by atoms with Crippen molar-refractivity contribution < 1.29 is 9.59 Å². The van der Waals surface area contributed by atoms with Gasteiger partial charge in [0.05, 0.1) is 5.69 Å². The Morgan fingerprint density at radius 3 is 2.37 bits per heavy atom. The van der Waals surface area contributed by atoms with Crippen molar-refractivity contribution in [1.82, 2.24) is 5.32 Å². The van der Waals surface area contributed by atoms with Crippen molar-refractivity contribution in [2.45, 2.75) is 46.7 Å². The monoisotopic (exact) mass is 260 g/mol. The molecule has 0 radical (unpaired) electrons. The van der Waals surface area contributed by atoms with E-state index in [4.69, 9.17) is 0 Å². The predicted octanol–water partition coefficient (Wildman–Crippen LogP) is 2.24. The fourth-order valence-corrected chi connectivity index (χ4v) is 2.72. The summed E-state index contributed by atoms with van der Waals surface area (Å²) in [5.41, 5.74) is 4.00. The van der Waals surface area contributed by atoms with Crippen LogP contribution in [0.3, 0.4) is 0 Å². The van der Waals surface area contributed by atoms with E-state index < -0.39 is 6.04 Å². The van der Waals surface area contributed by atoms with E-state index in [-0.39, 0.29) is 17.9 Å². The van der Waals surface area contributed by atoms with Crippen molar-refractivity contribution in [3.63, 3.8) is 0 Å². The van der Waals surface area contributed by atoms with E-state index in [0.29, 0.717) is 0 Å². The number of anilines is 1. The second-order valence-corrected chi connectivity index (χ2v) is 5.40. The Morgan fingerprint density at radius 1 is 1.26 bits per heavy atom. The molecule has 1 aliphatic rings. The van der Waals surface area contributed by atoms with Gasteiger partial charge in [0, 0.05) is 18.5 Å². The lowest BCUT2D eigenvalue weighted by Crippen LogP contribution is -2.40. The normalized spacial score (nSPS) is 17.9. The van der Waals surface area contributed by atoms with Crippen molar-refractivity contribution in [3.8, 4) is 0 Å². The molecule has 1 aliphatic heterocycles. The second kappa shape index (κ2) is 4.68. The number of amides is 2. The third-order valence-electron chi connectivity index (χ3n) is 3.51. The molecule has 1 aromatic rings. The third-order valence-corrected chi connectivity index (χ3v) is 3.51. The number of nitrogens with zero attached hydrogens (tertiary/aromatic N) is 1. The van der Waals surface area contributed by atoms with Crippen molar-refractivity contribution in [3.05, 3.63) is 28.8 Å². The highest BCUT2D eigenvalue weighted by Crippen LogP contribution is 2.41. The molecule has 0 saturated carbocycles. The maximum atomic E-state index is 12.6. The minimum absolute atomic E-state index is 0.0439. The number of nitrogens with one attached hydrogen (secondary N) is 1. The maximum Gasteiger partial charge on any atom is 0.254 e. The first-order valence-corrected chi connectivity index (χ1v) is 6.55. The number of hydrogen-bond acceptors (Lipinski definition) is 2. The molecule has 1 heterocycles. The highest BCUT2D eigenvalue weighted by Gasteiger charge is 2.40. The van der Waals surface area contributed by atoms with Gasteiger partial charge in [-0.1, -0.05) is 12.1 Å². The summed E-state index contributed by atoms with van der Waals surface area (Å²) in [6.45, 7) is 9.39. The van der Waals surface area contributed by atoms with Gasteiger partial charge in [0.15, 0.2) is 0 Å². The van der Waals surface area contributed by atoms with Crippen LogP contribution in [-0.4, -0.2) is 17.9 Å². The fourth-order valence-electron chi connectivity index (χ4n) is 2.72. The van der Waals surface area contributed by atoms with Gasteiger partial charge in [-0.15, -0.1) is 0 Å². The molecule has 0 spiro atoms. The van der Waals surface area contributed by atoms with Crippen LogP contribution in [-0.2, 0) is 9.59 Å². The quantitative estimate of drug-likeness (QED) is 0.886. The van der Waals surface area contributed by atoms with Crippen molar-refractivity contribution in [2.24, 2.45) is 0 Å². The van der Waals surface area contributed by atoms with Crippen LogP contribution in [0, 0.1) is 13.8 Å². The molecule has 1 atom stereocenters. The molecule has 1 aromatic carbocycles. The Labute approximate surface area is 113 Å². The second-order valence-electron chi connectivity index (χ2n) is 5.40. The minimum atomic E-state index is -0.546. The van der Waals surface area contributed by atoms with Gasteiger partial charge in [0.1, 0.15) is 6.04 Å². The molecule has 1 N–H and O–H groups in total. The zero-order valence-electron chi connectivity index (χ0n) is 12.1. The lowest BCUT2D eigenvalue weighted by Gasteiger charge is -2.23. The van der Waals surface area contributed by atoms with E-state index in [1.54, 1.807) is 4.90 Å². The highest BCUT2D eigenvalue weighted by molar-refractivity contribution is 6.07. The van der Waals surface area contributed by atoms with Gasteiger partial charge < -0.3 is 10.2 Å². The largest absolute Gasteiger partial charge is 0.341 e. The number of hydrogen-bond donors (Lipinski definition) is 1. The number of benzene rings is 1. The first-order chi connectivity index (χ1) is 8.84. The van der Waals surface area contributed by atoms with Crippen LogP contribution < -0.4 is 10.2 Å². The highest BCUT2D eigenvalue weighted by atomic mass is 16.2. The molecule has 19 heavy (non-hydrogen) atoms. The van der Waals surface area contributed by atoms with E-state index in [1.165, 1.54) is 6.92 Å². The van der Waals surface area contributed by atoms with Crippen LogP contribution in [0.15, 0.2) is 12.1 Å². The van der Waals surface area contributed by atoms with Gasteiger partial charge in [-0.25, -0.2) is 0 Å². The standard InChI is InChI=1S/C15H20N2O2/c1-8(2)17-14-10(4)7-6-9(3)12(14)13(15(17)19)16-11(5)18/h6-8,13H,1-5H3,(H,16,18)/t13-/m1/s1. The number of rotatable bonds is 2.